The summed E-state index contributed by atoms with van der Waals surface area (Å²) in [6, 6.07) is 7.77. The molecule has 0 bridgehead atoms. The van der Waals surface area contributed by atoms with Gasteiger partial charge in [-0.05, 0) is 37.2 Å². The molecule has 0 unspecified atom stereocenters. The number of nitrogens with one attached hydrogen (secondary N) is 3. The van der Waals surface area contributed by atoms with Crippen molar-refractivity contribution in [3.8, 4) is 17.0 Å². The Kier molecular flexibility index (Phi) is 6.14. The fourth-order valence-electron chi connectivity index (χ4n) is 2.15. The lowest BCUT2D eigenvalue weighted by Crippen LogP contribution is -2.26. The Morgan fingerprint density at radius 2 is 1.96 bits per heavy atom. The van der Waals surface area contributed by atoms with Gasteiger partial charge >= 0.3 is 0 Å². The number of benzene rings is 1. The number of aromatic amines is 1. The predicted octanol–water partition coefficient (Wildman–Crippen LogP) is 1.11. The van der Waals surface area contributed by atoms with E-state index in [2.05, 4.69) is 20.2 Å². The topological polar surface area (TPSA) is 96.1 Å². The number of hydrogen-bond acceptors (Lipinski definition) is 5. The van der Waals surface area contributed by atoms with Crippen LogP contribution in [0, 0.1) is 0 Å². The van der Waals surface area contributed by atoms with Gasteiger partial charge in [0.05, 0.1) is 25.3 Å². The van der Waals surface area contributed by atoms with E-state index in [9.17, 15) is 8.42 Å². The molecule has 3 N–H and O–H groups in total. The van der Waals surface area contributed by atoms with Gasteiger partial charge in [0, 0.05) is 24.2 Å². The van der Waals surface area contributed by atoms with Crippen LogP contribution in [0.3, 0.4) is 0 Å². The summed E-state index contributed by atoms with van der Waals surface area (Å²) < 4.78 is 29.5. The van der Waals surface area contributed by atoms with Gasteiger partial charge in [-0.1, -0.05) is 0 Å². The summed E-state index contributed by atoms with van der Waals surface area (Å²) in [5.41, 5.74) is 3.07. The first-order chi connectivity index (χ1) is 11.0. The van der Waals surface area contributed by atoms with Crippen molar-refractivity contribution in [1.82, 2.24) is 20.2 Å². The van der Waals surface area contributed by atoms with Crippen LogP contribution in [-0.2, 0) is 16.6 Å². The molecule has 1 aromatic heterocycles. The van der Waals surface area contributed by atoms with Gasteiger partial charge < -0.3 is 10.1 Å². The van der Waals surface area contributed by atoms with Crippen LogP contribution in [0.5, 0.6) is 5.75 Å². The van der Waals surface area contributed by atoms with E-state index in [1.807, 2.05) is 24.3 Å². The van der Waals surface area contributed by atoms with E-state index in [4.69, 9.17) is 4.74 Å². The Labute approximate surface area is 136 Å². The van der Waals surface area contributed by atoms with Gasteiger partial charge in [0.25, 0.3) is 0 Å². The molecule has 0 saturated heterocycles. The van der Waals surface area contributed by atoms with Crippen molar-refractivity contribution in [2.24, 2.45) is 0 Å². The van der Waals surface area contributed by atoms with E-state index in [1.54, 1.807) is 13.3 Å². The Morgan fingerprint density at radius 1 is 1.22 bits per heavy atom. The maximum atomic E-state index is 10.9. The molecular weight excluding hydrogens is 316 g/mol. The third-order valence-electron chi connectivity index (χ3n) is 3.31. The number of nitrogens with zero attached hydrogens (tertiary/aromatic N) is 1. The van der Waals surface area contributed by atoms with Gasteiger partial charge in [0.15, 0.2) is 0 Å². The smallest absolute Gasteiger partial charge is 0.208 e. The number of sulfonamides is 1. The van der Waals surface area contributed by atoms with Crippen LogP contribution < -0.4 is 14.8 Å². The zero-order valence-corrected chi connectivity index (χ0v) is 14.1. The minimum atomic E-state index is -3.11. The van der Waals surface area contributed by atoms with Crippen molar-refractivity contribution >= 4 is 10.0 Å². The third-order valence-corrected chi connectivity index (χ3v) is 4.04. The average Bonchev–Trinajstić information content (AvgIpc) is 2.98. The Balaban J connectivity index is 1.84. The molecule has 0 radical (unpaired) electrons. The summed E-state index contributed by atoms with van der Waals surface area (Å²) in [5, 5.41) is 10.4. The van der Waals surface area contributed by atoms with E-state index < -0.39 is 10.0 Å². The maximum absolute atomic E-state index is 10.9. The first-order valence-corrected chi connectivity index (χ1v) is 9.21. The first-order valence-electron chi connectivity index (χ1n) is 7.31. The molecule has 7 nitrogen and oxygen atoms in total. The second kappa shape index (κ2) is 8.09. The largest absolute Gasteiger partial charge is 0.497 e. The molecule has 2 aromatic rings. The monoisotopic (exact) mass is 338 g/mol. The van der Waals surface area contributed by atoms with Gasteiger partial charge in [-0.3, -0.25) is 5.10 Å². The number of aromatic nitrogens is 2. The highest BCUT2D eigenvalue weighted by molar-refractivity contribution is 7.88. The summed E-state index contributed by atoms with van der Waals surface area (Å²) in [4.78, 5) is 0. The fraction of sp³-hybridized carbons (Fsp3) is 0.400. The van der Waals surface area contributed by atoms with Crippen LogP contribution in [0.2, 0.25) is 0 Å². The van der Waals surface area contributed by atoms with Gasteiger partial charge in [-0.25, -0.2) is 13.1 Å². The van der Waals surface area contributed by atoms with Gasteiger partial charge in [0.2, 0.25) is 10.0 Å². The maximum Gasteiger partial charge on any atom is 0.208 e. The van der Waals surface area contributed by atoms with Gasteiger partial charge in [0.1, 0.15) is 5.75 Å². The van der Waals surface area contributed by atoms with Crippen LogP contribution >= 0.6 is 0 Å². The summed E-state index contributed by atoms with van der Waals surface area (Å²) >= 11 is 0. The van der Waals surface area contributed by atoms with Crippen LogP contribution in [0.1, 0.15) is 12.0 Å². The standard InChI is InChI=1S/C15H22N4O3S/c1-22-14-6-4-12(5-7-14)15-13(11-17-19-15)10-16-8-3-9-18-23(2,20)21/h4-7,11,16,18H,3,8-10H2,1-2H3,(H,17,19). The Morgan fingerprint density at radius 3 is 2.61 bits per heavy atom. The average molecular weight is 338 g/mol. The third kappa shape index (κ3) is 5.66. The van der Waals surface area contributed by atoms with Crippen molar-refractivity contribution in [3.05, 3.63) is 36.0 Å². The highest BCUT2D eigenvalue weighted by atomic mass is 32.2. The number of rotatable bonds is 9. The molecule has 0 fully saturated rings. The van der Waals surface area contributed by atoms with E-state index in [0.717, 1.165) is 41.8 Å². The molecule has 0 spiro atoms. The van der Waals surface area contributed by atoms with Crippen LogP contribution in [-0.4, -0.2) is 45.1 Å². The molecule has 0 aliphatic heterocycles. The zero-order chi connectivity index (χ0) is 16.7. The Hall–Kier alpha value is -1.90. The highest BCUT2D eigenvalue weighted by Crippen LogP contribution is 2.23. The predicted molar refractivity (Wildman–Crippen MR) is 89.7 cm³/mol. The summed E-state index contributed by atoms with van der Waals surface area (Å²) in [5.74, 6) is 0.811. The van der Waals surface area contributed by atoms with Gasteiger partial charge in [-0.2, -0.15) is 5.10 Å². The fourth-order valence-corrected chi connectivity index (χ4v) is 2.66. The van der Waals surface area contributed by atoms with Crippen molar-refractivity contribution in [2.75, 3.05) is 26.5 Å². The van der Waals surface area contributed by atoms with E-state index in [0.29, 0.717) is 13.1 Å². The van der Waals surface area contributed by atoms with E-state index in [1.165, 1.54) is 0 Å². The second-order valence-electron chi connectivity index (χ2n) is 5.20. The van der Waals surface area contributed by atoms with Gasteiger partial charge in [-0.15, -0.1) is 0 Å². The number of ether oxygens (including phenoxy) is 1. The van der Waals surface area contributed by atoms with Crippen molar-refractivity contribution in [2.45, 2.75) is 13.0 Å². The molecule has 1 aromatic carbocycles. The number of hydrogen-bond donors (Lipinski definition) is 3. The minimum Gasteiger partial charge on any atom is -0.497 e. The molecule has 0 aliphatic carbocycles. The molecule has 0 aliphatic rings. The number of H-pyrrole nitrogens is 1. The lowest BCUT2D eigenvalue weighted by Gasteiger charge is -2.07. The van der Waals surface area contributed by atoms with Crippen LogP contribution in [0.25, 0.3) is 11.3 Å². The lowest BCUT2D eigenvalue weighted by atomic mass is 10.1. The first kappa shape index (κ1) is 17.5. The normalized spacial score (nSPS) is 11.6. The SMILES string of the molecule is COc1ccc(-c2[nH]ncc2CNCCCNS(C)(=O)=O)cc1. The van der Waals surface area contributed by atoms with Crippen LogP contribution in [0.15, 0.2) is 30.5 Å². The molecule has 126 valence electrons. The minimum absolute atomic E-state index is 0.433. The summed E-state index contributed by atoms with van der Waals surface area (Å²) in [6.45, 7) is 1.81. The molecule has 1 heterocycles. The van der Waals surface area contributed by atoms with Crippen molar-refractivity contribution in [1.29, 1.82) is 0 Å². The highest BCUT2D eigenvalue weighted by Gasteiger charge is 2.07. The summed E-state index contributed by atoms with van der Waals surface area (Å²) in [6.07, 6.45) is 3.68. The zero-order valence-electron chi connectivity index (χ0n) is 13.3. The molecule has 8 heteroatoms. The molecule has 2 rings (SSSR count). The molecule has 0 atom stereocenters. The van der Waals surface area contributed by atoms with Crippen molar-refractivity contribution < 1.29 is 13.2 Å². The molecular formula is C15H22N4O3S. The van der Waals surface area contributed by atoms with E-state index in [-0.39, 0.29) is 0 Å². The Bertz CT molecular complexity index is 711. The van der Waals surface area contributed by atoms with Crippen LogP contribution in [0.4, 0.5) is 0 Å². The second-order valence-corrected chi connectivity index (χ2v) is 7.03. The lowest BCUT2D eigenvalue weighted by molar-refractivity contribution is 0.415. The number of methoxy groups -OCH3 is 1. The summed E-state index contributed by atoms with van der Waals surface area (Å²) in [7, 11) is -1.47. The van der Waals surface area contributed by atoms with E-state index >= 15 is 0 Å². The molecule has 23 heavy (non-hydrogen) atoms. The quantitative estimate of drug-likeness (QED) is 0.595. The molecule has 0 amide bonds. The van der Waals surface area contributed by atoms with Crippen molar-refractivity contribution in [3.63, 3.8) is 0 Å². The molecule has 0 saturated carbocycles.